The molecule has 0 aliphatic carbocycles. The minimum atomic E-state index is -1.02. The van der Waals surface area contributed by atoms with E-state index in [1.165, 1.54) is 0 Å². The number of aryl methyl sites for hydroxylation is 1. The first-order valence-electron chi connectivity index (χ1n) is 4.23. The fourth-order valence-electron chi connectivity index (χ4n) is 1.13. The van der Waals surface area contributed by atoms with Crippen molar-refractivity contribution in [3.05, 3.63) is 35.4 Å². The number of rotatable bonds is 2. The highest BCUT2D eigenvalue weighted by molar-refractivity contribution is 5.26. The van der Waals surface area contributed by atoms with E-state index in [1.807, 2.05) is 19.1 Å². The van der Waals surface area contributed by atoms with Crippen molar-refractivity contribution in [1.82, 2.24) is 0 Å². The third kappa shape index (κ3) is 2.10. The van der Waals surface area contributed by atoms with Gasteiger partial charge >= 0.3 is 0 Å². The van der Waals surface area contributed by atoms with Crippen LogP contribution in [-0.2, 0) is 0 Å². The monoisotopic (exact) mass is 186 g/mol. The first-order chi connectivity index (χ1) is 6.69. The molecule has 3 heteroatoms. The van der Waals surface area contributed by atoms with E-state index in [-0.39, 0.29) is 0 Å². The molecule has 0 spiro atoms. The maximum Gasteiger partial charge on any atom is 0.163 e. The van der Waals surface area contributed by atoms with Crippen molar-refractivity contribution in [2.24, 2.45) is 5.92 Å². The number of aliphatic hydroxyl groups is 1. The minimum Gasteiger partial charge on any atom is -0.386 e. The number of nitrogens with zero attached hydrogens (tertiary/aromatic N) is 2. The molecule has 0 aliphatic heterocycles. The van der Waals surface area contributed by atoms with Gasteiger partial charge in [0, 0.05) is 0 Å². The van der Waals surface area contributed by atoms with Gasteiger partial charge in [-0.1, -0.05) is 29.8 Å². The molecule has 14 heavy (non-hydrogen) atoms. The molecule has 0 amide bonds. The summed E-state index contributed by atoms with van der Waals surface area (Å²) in [5.74, 6) is -1.00. The van der Waals surface area contributed by atoms with E-state index < -0.39 is 12.0 Å². The molecule has 3 nitrogen and oxygen atoms in total. The van der Waals surface area contributed by atoms with Crippen LogP contribution in [0.2, 0.25) is 0 Å². The Labute approximate surface area is 82.8 Å². The van der Waals surface area contributed by atoms with Crippen LogP contribution in [0.3, 0.4) is 0 Å². The molecule has 0 bridgehead atoms. The van der Waals surface area contributed by atoms with Crippen molar-refractivity contribution < 1.29 is 5.11 Å². The Balaban J connectivity index is 2.91. The van der Waals surface area contributed by atoms with Crippen LogP contribution >= 0.6 is 0 Å². The van der Waals surface area contributed by atoms with Gasteiger partial charge in [-0.3, -0.25) is 0 Å². The summed E-state index contributed by atoms with van der Waals surface area (Å²) in [4.78, 5) is 0. The third-order valence-corrected chi connectivity index (χ3v) is 2.01. The summed E-state index contributed by atoms with van der Waals surface area (Å²) in [6.07, 6.45) is -1.02. The van der Waals surface area contributed by atoms with Crippen LogP contribution in [0.5, 0.6) is 0 Å². The Kier molecular flexibility index (Phi) is 3.23. The Morgan fingerprint density at radius 2 is 1.64 bits per heavy atom. The van der Waals surface area contributed by atoms with E-state index in [1.54, 1.807) is 24.3 Å². The third-order valence-electron chi connectivity index (χ3n) is 2.01. The number of benzene rings is 1. The second-order valence-corrected chi connectivity index (χ2v) is 3.09. The van der Waals surface area contributed by atoms with Crippen LogP contribution in [0.25, 0.3) is 0 Å². The standard InChI is InChI=1S/C11H10N2O/c1-8-2-4-9(5-3-8)11(14)10(6-12)7-13/h2-5,10-11,14H,1H3. The molecule has 70 valence electrons. The molecule has 0 aromatic heterocycles. The summed E-state index contributed by atoms with van der Waals surface area (Å²) >= 11 is 0. The lowest BCUT2D eigenvalue weighted by molar-refractivity contribution is 0.156. The average molecular weight is 186 g/mol. The second kappa shape index (κ2) is 4.41. The predicted molar refractivity (Wildman–Crippen MR) is 50.9 cm³/mol. The van der Waals surface area contributed by atoms with Crippen LogP contribution in [0.15, 0.2) is 24.3 Å². The van der Waals surface area contributed by atoms with Crippen LogP contribution in [-0.4, -0.2) is 5.11 Å². The van der Waals surface area contributed by atoms with Gasteiger partial charge in [-0.2, -0.15) is 10.5 Å². The highest BCUT2D eigenvalue weighted by Crippen LogP contribution is 2.21. The van der Waals surface area contributed by atoms with Gasteiger partial charge in [-0.25, -0.2) is 0 Å². The van der Waals surface area contributed by atoms with Crippen molar-refractivity contribution >= 4 is 0 Å². The first kappa shape index (κ1) is 10.2. The molecule has 0 radical (unpaired) electrons. The molecule has 1 N–H and O–H groups in total. The smallest absolute Gasteiger partial charge is 0.163 e. The Morgan fingerprint density at radius 1 is 1.14 bits per heavy atom. The molecule has 0 aliphatic rings. The molecule has 0 saturated carbocycles. The fraction of sp³-hybridized carbons (Fsp3) is 0.273. The van der Waals surface area contributed by atoms with Crippen molar-refractivity contribution in [1.29, 1.82) is 10.5 Å². The van der Waals surface area contributed by atoms with Crippen molar-refractivity contribution in [2.45, 2.75) is 13.0 Å². The largest absolute Gasteiger partial charge is 0.386 e. The molecule has 1 unspecified atom stereocenters. The van der Waals surface area contributed by atoms with Gasteiger partial charge < -0.3 is 5.11 Å². The lowest BCUT2D eigenvalue weighted by atomic mass is 9.98. The minimum absolute atomic E-state index is 0.601. The zero-order chi connectivity index (χ0) is 10.6. The van der Waals surface area contributed by atoms with Gasteiger partial charge in [0.2, 0.25) is 0 Å². The topological polar surface area (TPSA) is 67.8 Å². The van der Waals surface area contributed by atoms with E-state index in [2.05, 4.69) is 0 Å². The highest BCUT2D eigenvalue weighted by Gasteiger charge is 2.19. The van der Waals surface area contributed by atoms with Crippen molar-refractivity contribution in [3.63, 3.8) is 0 Å². The van der Waals surface area contributed by atoms with Gasteiger partial charge in [-0.05, 0) is 12.5 Å². The molecule has 0 fully saturated rings. The van der Waals surface area contributed by atoms with E-state index >= 15 is 0 Å². The zero-order valence-electron chi connectivity index (χ0n) is 7.81. The molecular formula is C11H10N2O. The van der Waals surface area contributed by atoms with Crippen LogP contribution in [0.4, 0.5) is 0 Å². The predicted octanol–water partition coefficient (Wildman–Crippen LogP) is 1.69. The van der Waals surface area contributed by atoms with E-state index in [0.29, 0.717) is 5.56 Å². The summed E-state index contributed by atoms with van der Waals surface area (Å²) in [6.45, 7) is 1.93. The second-order valence-electron chi connectivity index (χ2n) is 3.09. The number of nitriles is 2. The molecule has 1 rings (SSSR count). The summed E-state index contributed by atoms with van der Waals surface area (Å²) < 4.78 is 0. The highest BCUT2D eigenvalue weighted by atomic mass is 16.3. The van der Waals surface area contributed by atoms with Gasteiger partial charge in [0.1, 0.15) is 6.10 Å². The number of aliphatic hydroxyl groups excluding tert-OH is 1. The average Bonchev–Trinajstić information content (AvgIpc) is 2.20. The first-order valence-corrected chi connectivity index (χ1v) is 4.23. The fourth-order valence-corrected chi connectivity index (χ4v) is 1.13. The lowest BCUT2D eigenvalue weighted by Gasteiger charge is -2.10. The van der Waals surface area contributed by atoms with Gasteiger partial charge in [-0.15, -0.1) is 0 Å². The van der Waals surface area contributed by atoms with E-state index in [9.17, 15) is 5.11 Å². The maximum absolute atomic E-state index is 9.63. The molecular weight excluding hydrogens is 176 g/mol. The maximum atomic E-state index is 9.63. The van der Waals surface area contributed by atoms with Crippen LogP contribution < -0.4 is 0 Å². The van der Waals surface area contributed by atoms with E-state index in [4.69, 9.17) is 10.5 Å². The normalized spacial score (nSPS) is 11.8. The zero-order valence-corrected chi connectivity index (χ0v) is 7.81. The Morgan fingerprint density at radius 3 is 2.07 bits per heavy atom. The molecule has 1 aromatic rings. The number of hydrogen-bond donors (Lipinski definition) is 1. The van der Waals surface area contributed by atoms with E-state index in [0.717, 1.165) is 5.56 Å². The van der Waals surface area contributed by atoms with Gasteiger partial charge in [0.15, 0.2) is 5.92 Å². The summed E-state index contributed by atoms with van der Waals surface area (Å²) in [5, 5.41) is 26.8. The van der Waals surface area contributed by atoms with Crippen molar-refractivity contribution in [2.75, 3.05) is 0 Å². The summed E-state index contributed by atoms with van der Waals surface area (Å²) in [7, 11) is 0. The molecule has 0 saturated heterocycles. The molecule has 1 aromatic carbocycles. The SMILES string of the molecule is Cc1ccc(C(O)C(C#N)C#N)cc1. The summed E-state index contributed by atoms with van der Waals surface area (Å²) in [5.41, 5.74) is 1.68. The van der Waals surface area contributed by atoms with Crippen molar-refractivity contribution in [3.8, 4) is 12.1 Å². The van der Waals surface area contributed by atoms with Gasteiger partial charge in [0.05, 0.1) is 12.1 Å². The van der Waals surface area contributed by atoms with Crippen LogP contribution in [0.1, 0.15) is 17.2 Å². The lowest BCUT2D eigenvalue weighted by Crippen LogP contribution is -2.08. The molecule has 1 atom stereocenters. The quantitative estimate of drug-likeness (QED) is 0.764. The molecule has 0 heterocycles. The van der Waals surface area contributed by atoms with Crippen LogP contribution in [0, 0.1) is 35.5 Å². The number of hydrogen-bond acceptors (Lipinski definition) is 3. The Hall–Kier alpha value is -1.84. The van der Waals surface area contributed by atoms with Gasteiger partial charge in [0.25, 0.3) is 0 Å². The Bertz CT molecular complexity index is 369. The summed E-state index contributed by atoms with van der Waals surface area (Å²) in [6, 6.07) is 10.6.